The maximum absolute atomic E-state index is 13.6. The van der Waals surface area contributed by atoms with E-state index in [2.05, 4.69) is 41.2 Å². The van der Waals surface area contributed by atoms with Crippen molar-refractivity contribution in [3.8, 4) is 11.3 Å². The van der Waals surface area contributed by atoms with Gasteiger partial charge in [0, 0.05) is 23.7 Å². The largest absolute Gasteiger partial charge is 0.418 e. The van der Waals surface area contributed by atoms with Gasteiger partial charge in [0.05, 0.1) is 23.3 Å². The number of pyridine rings is 1. The Kier molecular flexibility index (Phi) is 7.84. The molecule has 0 radical (unpaired) electrons. The van der Waals surface area contributed by atoms with Gasteiger partial charge < -0.3 is 5.32 Å². The van der Waals surface area contributed by atoms with Crippen LogP contribution in [0.3, 0.4) is 0 Å². The van der Waals surface area contributed by atoms with E-state index < -0.39 is 11.7 Å². The van der Waals surface area contributed by atoms with Gasteiger partial charge in [-0.25, -0.2) is 9.97 Å². The number of alkyl halides is 3. The number of hydrogen-bond donors (Lipinski definition) is 1. The average Bonchev–Trinajstić information content (AvgIpc) is 2.84. The number of aryl methyl sites for hydroxylation is 1. The van der Waals surface area contributed by atoms with Crippen LogP contribution in [-0.4, -0.2) is 40.0 Å². The zero-order chi connectivity index (χ0) is 25.7. The predicted molar refractivity (Wildman–Crippen MR) is 138 cm³/mol. The first-order valence-corrected chi connectivity index (χ1v) is 12.1. The Morgan fingerprint density at radius 3 is 2.56 bits per heavy atom. The molecule has 1 N–H and O–H groups in total. The van der Waals surface area contributed by atoms with E-state index in [-0.39, 0.29) is 5.69 Å². The van der Waals surface area contributed by atoms with Gasteiger partial charge in [-0.1, -0.05) is 37.3 Å². The highest BCUT2D eigenvalue weighted by Crippen LogP contribution is 2.36. The molecule has 0 saturated heterocycles. The first kappa shape index (κ1) is 25.6. The van der Waals surface area contributed by atoms with Gasteiger partial charge in [0.1, 0.15) is 11.6 Å². The number of nitrogens with zero attached hydrogens (tertiary/aromatic N) is 4. The van der Waals surface area contributed by atoms with E-state index in [1.54, 1.807) is 18.2 Å². The molecule has 2 aromatic heterocycles. The van der Waals surface area contributed by atoms with Crippen molar-refractivity contribution in [2.45, 2.75) is 39.4 Å². The molecule has 4 aromatic rings. The third-order valence-corrected chi connectivity index (χ3v) is 6.09. The Balaban J connectivity index is 1.71. The zero-order valence-electron chi connectivity index (χ0n) is 20.7. The lowest BCUT2D eigenvalue weighted by Gasteiger charge is -2.17. The van der Waals surface area contributed by atoms with E-state index in [4.69, 9.17) is 9.97 Å². The molecule has 2 heterocycles. The number of rotatable bonds is 9. The zero-order valence-corrected chi connectivity index (χ0v) is 20.7. The molecule has 0 saturated carbocycles. The minimum absolute atomic E-state index is 0.107. The fourth-order valence-corrected chi connectivity index (χ4v) is 4.30. The van der Waals surface area contributed by atoms with Crippen LogP contribution < -0.4 is 5.32 Å². The van der Waals surface area contributed by atoms with Crippen molar-refractivity contribution in [1.29, 1.82) is 0 Å². The van der Waals surface area contributed by atoms with Crippen LogP contribution in [0.5, 0.6) is 0 Å². The van der Waals surface area contributed by atoms with Gasteiger partial charge in [-0.3, -0.25) is 9.88 Å². The van der Waals surface area contributed by atoms with Crippen LogP contribution >= 0.6 is 0 Å². The van der Waals surface area contributed by atoms with Crippen LogP contribution in [0, 0.1) is 6.92 Å². The molecule has 0 atom stereocenters. The lowest BCUT2D eigenvalue weighted by Crippen LogP contribution is -2.20. The Hall–Kier alpha value is -3.52. The van der Waals surface area contributed by atoms with E-state index >= 15 is 0 Å². The van der Waals surface area contributed by atoms with Gasteiger partial charge in [-0.05, 0) is 68.8 Å². The number of nitrogens with one attached hydrogen (secondary N) is 1. The molecule has 5 nitrogen and oxygen atoms in total. The third kappa shape index (κ3) is 5.99. The highest BCUT2D eigenvalue weighted by molar-refractivity contribution is 5.92. The van der Waals surface area contributed by atoms with Crippen LogP contribution in [0.1, 0.15) is 35.9 Å². The van der Waals surface area contributed by atoms with E-state index in [9.17, 15) is 13.2 Å². The topological polar surface area (TPSA) is 53.9 Å². The summed E-state index contributed by atoms with van der Waals surface area (Å²) in [6, 6.07) is 15.7. The number of benzene rings is 2. The second-order valence-corrected chi connectivity index (χ2v) is 8.96. The molecular weight excluding hydrogens is 463 g/mol. The minimum Gasteiger partial charge on any atom is -0.369 e. The summed E-state index contributed by atoms with van der Waals surface area (Å²) in [4.78, 5) is 15.7. The summed E-state index contributed by atoms with van der Waals surface area (Å²) in [5.41, 5.74) is 2.56. The van der Waals surface area contributed by atoms with E-state index in [1.165, 1.54) is 23.4 Å². The maximum Gasteiger partial charge on any atom is 0.418 e. The molecule has 0 unspecified atom stereocenters. The molecule has 8 heteroatoms. The Labute approximate surface area is 209 Å². The van der Waals surface area contributed by atoms with Gasteiger partial charge in [0.15, 0.2) is 0 Å². The summed E-state index contributed by atoms with van der Waals surface area (Å²) in [5.74, 6) is 1.29. The Morgan fingerprint density at radius 2 is 1.81 bits per heavy atom. The number of aromatic nitrogens is 3. The van der Waals surface area contributed by atoms with Gasteiger partial charge in [0.2, 0.25) is 0 Å². The number of fused-ring (bicyclic) bond motifs is 1. The molecule has 4 rings (SSSR count). The molecular formula is C28H30F3N5. The molecule has 36 heavy (non-hydrogen) atoms. The Morgan fingerprint density at radius 1 is 1.00 bits per heavy atom. The monoisotopic (exact) mass is 493 g/mol. The lowest BCUT2D eigenvalue weighted by molar-refractivity contribution is -0.137. The molecule has 188 valence electrons. The van der Waals surface area contributed by atoms with Gasteiger partial charge >= 0.3 is 6.18 Å². The van der Waals surface area contributed by atoms with Crippen LogP contribution in [0.2, 0.25) is 0 Å². The van der Waals surface area contributed by atoms with Crippen LogP contribution in [0.4, 0.5) is 19.0 Å². The molecule has 0 bridgehead atoms. The summed E-state index contributed by atoms with van der Waals surface area (Å²) in [6.45, 7) is 6.29. The highest BCUT2D eigenvalue weighted by atomic mass is 19.4. The van der Waals surface area contributed by atoms with E-state index in [0.29, 0.717) is 35.8 Å². The number of halogens is 3. The number of anilines is 1. The van der Waals surface area contributed by atoms with Crippen LogP contribution in [-0.2, 0) is 19.1 Å². The van der Waals surface area contributed by atoms with Crippen molar-refractivity contribution in [2.24, 2.45) is 0 Å². The second-order valence-electron chi connectivity index (χ2n) is 8.96. The maximum atomic E-state index is 13.6. The molecule has 0 aliphatic carbocycles. The average molecular weight is 494 g/mol. The smallest absolute Gasteiger partial charge is 0.369 e. The van der Waals surface area contributed by atoms with Gasteiger partial charge in [-0.15, -0.1) is 0 Å². The minimum atomic E-state index is -4.50. The molecule has 0 amide bonds. The van der Waals surface area contributed by atoms with Crippen LogP contribution in [0.15, 0.2) is 60.8 Å². The van der Waals surface area contributed by atoms with Crippen molar-refractivity contribution in [2.75, 3.05) is 25.5 Å². The fourth-order valence-electron chi connectivity index (χ4n) is 4.30. The van der Waals surface area contributed by atoms with Crippen molar-refractivity contribution in [1.82, 2.24) is 19.9 Å². The van der Waals surface area contributed by atoms with Crippen molar-refractivity contribution < 1.29 is 13.2 Å². The Bertz CT molecular complexity index is 1340. The molecule has 0 aliphatic heterocycles. The summed E-state index contributed by atoms with van der Waals surface area (Å²) < 4.78 is 40.9. The number of hydrogen-bond acceptors (Lipinski definition) is 5. The summed E-state index contributed by atoms with van der Waals surface area (Å²) >= 11 is 0. The first-order chi connectivity index (χ1) is 17.3. The summed E-state index contributed by atoms with van der Waals surface area (Å²) in [6.07, 6.45) is -1.31. The highest BCUT2D eigenvalue weighted by Gasteiger charge is 2.34. The standard InChI is InChI=1S/C28H30F3N5/c1-4-16-36(3)18-25-34-24-17-21(26-23(28(29,30)31)10-7-14-32-26)11-12-22(24)27(35-25)33-15-13-20-9-6-5-8-19(20)2/h5-12,14,17H,4,13,15-16,18H2,1-3H3,(H,33,34,35). The van der Waals surface area contributed by atoms with Crippen molar-refractivity contribution >= 4 is 16.7 Å². The molecule has 0 fully saturated rings. The summed E-state index contributed by atoms with van der Waals surface area (Å²) in [5, 5.41) is 4.20. The first-order valence-electron chi connectivity index (χ1n) is 12.1. The second kappa shape index (κ2) is 11.0. The third-order valence-electron chi connectivity index (χ3n) is 6.09. The van der Waals surface area contributed by atoms with Crippen molar-refractivity contribution in [3.05, 3.63) is 83.3 Å². The molecule has 0 aliphatic rings. The fraction of sp³-hybridized carbons (Fsp3) is 0.321. The van der Waals surface area contributed by atoms with Gasteiger partial charge in [-0.2, -0.15) is 13.2 Å². The van der Waals surface area contributed by atoms with Crippen LogP contribution in [0.25, 0.3) is 22.2 Å². The lowest BCUT2D eigenvalue weighted by atomic mass is 10.0. The SMILES string of the molecule is CCCN(C)Cc1nc(NCCc2ccccc2C)c2ccc(-c3ncccc3C(F)(F)F)cc2n1. The predicted octanol–water partition coefficient (Wildman–Crippen LogP) is 6.52. The van der Waals surface area contributed by atoms with Crippen molar-refractivity contribution in [3.63, 3.8) is 0 Å². The van der Waals surface area contributed by atoms with E-state index in [1.807, 2.05) is 19.2 Å². The molecule has 0 spiro atoms. The van der Waals surface area contributed by atoms with E-state index in [0.717, 1.165) is 30.8 Å². The molecule has 2 aromatic carbocycles. The van der Waals surface area contributed by atoms with Gasteiger partial charge in [0.25, 0.3) is 0 Å². The normalized spacial score (nSPS) is 11.9. The quantitative estimate of drug-likeness (QED) is 0.288. The summed E-state index contributed by atoms with van der Waals surface area (Å²) in [7, 11) is 2.00.